The highest BCUT2D eigenvalue weighted by Crippen LogP contribution is 2.30. The van der Waals surface area contributed by atoms with Gasteiger partial charge in [-0.15, -0.1) is 0 Å². The van der Waals surface area contributed by atoms with Crippen LogP contribution in [0.2, 0.25) is 5.02 Å². The summed E-state index contributed by atoms with van der Waals surface area (Å²) in [5.74, 6) is -1.13. The average Bonchev–Trinajstić information content (AvgIpc) is 2.32. The second kappa shape index (κ2) is 5.11. The van der Waals surface area contributed by atoms with Crippen molar-refractivity contribution in [3.63, 3.8) is 0 Å². The van der Waals surface area contributed by atoms with Crippen LogP contribution < -0.4 is 0 Å². The van der Waals surface area contributed by atoms with E-state index < -0.39 is 5.97 Å². The number of halogens is 1. The molecule has 0 radical (unpaired) electrons. The fraction of sp³-hybridized carbons (Fsp3) is 0. The van der Waals surface area contributed by atoms with Crippen molar-refractivity contribution in [3.8, 4) is 0 Å². The van der Waals surface area contributed by atoms with Gasteiger partial charge in [0, 0.05) is 18.6 Å². The lowest BCUT2D eigenvalue weighted by atomic mass is 10.5. The van der Waals surface area contributed by atoms with Crippen LogP contribution in [0.3, 0.4) is 0 Å². The van der Waals surface area contributed by atoms with Gasteiger partial charge >= 0.3 is 5.97 Å². The molecule has 0 amide bonds. The number of pyridine rings is 1. The highest BCUT2D eigenvalue weighted by molar-refractivity contribution is 7.99. The standard InChI is InChI=1S/C10H6ClN3O2S/c11-6-2-1-3-13-8(6)17-9-7(10(15)16)12-4-5-14-9/h1-5H,(H,15,16). The highest BCUT2D eigenvalue weighted by Gasteiger charge is 2.15. The zero-order valence-corrected chi connectivity index (χ0v) is 9.94. The second-order valence-electron chi connectivity index (χ2n) is 2.91. The van der Waals surface area contributed by atoms with Crippen LogP contribution in [0.4, 0.5) is 0 Å². The predicted octanol–water partition coefficient (Wildman–Crippen LogP) is 2.37. The van der Waals surface area contributed by atoms with Crippen molar-refractivity contribution in [1.82, 2.24) is 15.0 Å². The van der Waals surface area contributed by atoms with Crippen LogP contribution in [0.15, 0.2) is 40.8 Å². The molecule has 0 aliphatic rings. The van der Waals surface area contributed by atoms with Gasteiger partial charge in [-0.1, -0.05) is 11.6 Å². The number of hydrogen-bond acceptors (Lipinski definition) is 5. The number of hydrogen-bond donors (Lipinski definition) is 1. The average molecular weight is 268 g/mol. The molecule has 0 spiro atoms. The van der Waals surface area contributed by atoms with E-state index in [2.05, 4.69) is 15.0 Å². The Morgan fingerprint density at radius 3 is 2.59 bits per heavy atom. The highest BCUT2D eigenvalue weighted by atomic mass is 35.5. The number of carboxylic acid groups (broad SMARTS) is 1. The number of rotatable bonds is 3. The van der Waals surface area contributed by atoms with Gasteiger partial charge in [-0.05, 0) is 23.9 Å². The molecule has 2 rings (SSSR count). The van der Waals surface area contributed by atoms with Crippen LogP contribution in [0, 0.1) is 0 Å². The molecule has 0 saturated heterocycles. The molecule has 0 saturated carbocycles. The van der Waals surface area contributed by atoms with Gasteiger partial charge in [0.2, 0.25) is 0 Å². The summed E-state index contributed by atoms with van der Waals surface area (Å²) in [6.45, 7) is 0. The minimum Gasteiger partial charge on any atom is -0.476 e. The molecule has 0 aromatic carbocycles. The van der Waals surface area contributed by atoms with E-state index in [9.17, 15) is 4.79 Å². The summed E-state index contributed by atoms with van der Waals surface area (Å²) in [7, 11) is 0. The van der Waals surface area contributed by atoms with Gasteiger partial charge in [0.15, 0.2) is 5.69 Å². The lowest BCUT2D eigenvalue weighted by molar-refractivity contribution is 0.0685. The first-order valence-corrected chi connectivity index (χ1v) is 5.70. The molecule has 86 valence electrons. The molecule has 0 aliphatic carbocycles. The number of nitrogens with zero attached hydrogens (tertiary/aromatic N) is 3. The Morgan fingerprint density at radius 1 is 1.18 bits per heavy atom. The molecular weight excluding hydrogens is 262 g/mol. The van der Waals surface area contributed by atoms with E-state index in [-0.39, 0.29) is 10.7 Å². The van der Waals surface area contributed by atoms with Crippen LogP contribution >= 0.6 is 23.4 Å². The van der Waals surface area contributed by atoms with Crippen LogP contribution in [-0.2, 0) is 0 Å². The van der Waals surface area contributed by atoms with Crippen molar-refractivity contribution in [2.45, 2.75) is 10.1 Å². The van der Waals surface area contributed by atoms with Gasteiger partial charge in [0.25, 0.3) is 0 Å². The normalized spacial score (nSPS) is 10.2. The summed E-state index contributed by atoms with van der Waals surface area (Å²) < 4.78 is 0. The van der Waals surface area contributed by atoms with Crippen molar-refractivity contribution < 1.29 is 9.90 Å². The summed E-state index contributed by atoms with van der Waals surface area (Å²) in [5, 5.41) is 10.1. The zero-order chi connectivity index (χ0) is 12.3. The fourth-order valence-electron chi connectivity index (χ4n) is 1.08. The fourth-order valence-corrected chi connectivity index (χ4v) is 2.13. The number of carbonyl (C=O) groups is 1. The van der Waals surface area contributed by atoms with Crippen molar-refractivity contribution in [2.75, 3.05) is 0 Å². The summed E-state index contributed by atoms with van der Waals surface area (Å²) >= 11 is 7.00. The molecule has 2 aromatic heterocycles. The first-order valence-electron chi connectivity index (χ1n) is 4.51. The molecule has 1 N–H and O–H groups in total. The Balaban J connectivity index is 2.37. The van der Waals surface area contributed by atoms with E-state index in [0.29, 0.717) is 10.0 Å². The monoisotopic (exact) mass is 267 g/mol. The minimum absolute atomic E-state index is 0.112. The van der Waals surface area contributed by atoms with E-state index in [4.69, 9.17) is 16.7 Å². The van der Waals surface area contributed by atoms with Gasteiger partial charge in [-0.2, -0.15) is 0 Å². The Morgan fingerprint density at radius 2 is 1.88 bits per heavy atom. The molecule has 2 heterocycles. The van der Waals surface area contributed by atoms with Gasteiger partial charge in [-0.25, -0.2) is 19.7 Å². The van der Waals surface area contributed by atoms with Crippen molar-refractivity contribution >= 4 is 29.3 Å². The molecule has 0 fully saturated rings. The van der Waals surface area contributed by atoms with Crippen LogP contribution in [-0.4, -0.2) is 26.0 Å². The zero-order valence-electron chi connectivity index (χ0n) is 8.37. The molecule has 7 heteroatoms. The van der Waals surface area contributed by atoms with E-state index >= 15 is 0 Å². The van der Waals surface area contributed by atoms with Gasteiger partial charge in [-0.3, -0.25) is 0 Å². The Hall–Kier alpha value is -1.66. The topological polar surface area (TPSA) is 76.0 Å². The Bertz CT molecular complexity index is 565. The minimum atomic E-state index is -1.13. The van der Waals surface area contributed by atoms with E-state index in [1.54, 1.807) is 18.3 Å². The van der Waals surface area contributed by atoms with Gasteiger partial charge < -0.3 is 5.11 Å². The quantitative estimate of drug-likeness (QED) is 0.920. The maximum atomic E-state index is 10.9. The van der Waals surface area contributed by atoms with Crippen LogP contribution in [0.1, 0.15) is 10.5 Å². The lowest BCUT2D eigenvalue weighted by Gasteiger charge is -2.03. The molecule has 0 unspecified atom stereocenters. The lowest BCUT2D eigenvalue weighted by Crippen LogP contribution is -2.03. The van der Waals surface area contributed by atoms with Crippen LogP contribution in [0.5, 0.6) is 0 Å². The maximum absolute atomic E-state index is 10.9. The van der Waals surface area contributed by atoms with E-state index in [1.807, 2.05) is 0 Å². The third-order valence-electron chi connectivity index (χ3n) is 1.79. The summed E-state index contributed by atoms with van der Waals surface area (Å²) in [5.41, 5.74) is -0.112. The predicted molar refractivity (Wildman–Crippen MR) is 62.4 cm³/mol. The van der Waals surface area contributed by atoms with Crippen molar-refractivity contribution in [2.24, 2.45) is 0 Å². The van der Waals surface area contributed by atoms with Crippen molar-refractivity contribution in [3.05, 3.63) is 41.4 Å². The summed E-state index contributed by atoms with van der Waals surface area (Å²) in [6, 6.07) is 3.37. The Kier molecular flexibility index (Phi) is 3.55. The second-order valence-corrected chi connectivity index (χ2v) is 4.29. The van der Waals surface area contributed by atoms with Crippen LogP contribution in [0.25, 0.3) is 0 Å². The smallest absolute Gasteiger partial charge is 0.357 e. The molecule has 17 heavy (non-hydrogen) atoms. The maximum Gasteiger partial charge on any atom is 0.357 e. The molecule has 2 aromatic rings. The molecular formula is C10H6ClN3O2S. The molecule has 0 aliphatic heterocycles. The largest absolute Gasteiger partial charge is 0.476 e. The van der Waals surface area contributed by atoms with E-state index in [1.165, 1.54) is 12.4 Å². The van der Waals surface area contributed by atoms with Crippen molar-refractivity contribution in [1.29, 1.82) is 0 Å². The first kappa shape index (κ1) is 11.8. The number of aromatic carboxylic acids is 1. The third kappa shape index (κ3) is 2.72. The first-order chi connectivity index (χ1) is 8.18. The number of aromatic nitrogens is 3. The number of carboxylic acids is 1. The molecule has 0 bridgehead atoms. The Labute approximate surface area is 106 Å². The van der Waals surface area contributed by atoms with Gasteiger partial charge in [0.1, 0.15) is 10.1 Å². The third-order valence-corrected chi connectivity index (χ3v) is 3.21. The summed E-state index contributed by atoms with van der Waals surface area (Å²) in [4.78, 5) is 22.7. The molecule has 5 nitrogen and oxygen atoms in total. The van der Waals surface area contributed by atoms with Gasteiger partial charge in [0.05, 0.1) is 5.02 Å². The SMILES string of the molecule is O=C(O)c1nccnc1Sc1ncccc1Cl. The van der Waals surface area contributed by atoms with E-state index in [0.717, 1.165) is 11.8 Å². The molecule has 0 atom stereocenters. The summed E-state index contributed by atoms with van der Waals surface area (Å²) in [6.07, 6.45) is 4.32.